The van der Waals surface area contributed by atoms with Crippen molar-refractivity contribution in [2.75, 3.05) is 18.8 Å². The summed E-state index contributed by atoms with van der Waals surface area (Å²) >= 11 is 2.17. The van der Waals surface area contributed by atoms with E-state index in [2.05, 4.69) is 48.3 Å². The van der Waals surface area contributed by atoms with Gasteiger partial charge in [0.25, 0.3) is 0 Å². The highest BCUT2D eigenvalue weighted by molar-refractivity contribution is 7.99. The summed E-state index contributed by atoms with van der Waals surface area (Å²) in [7, 11) is 0. The summed E-state index contributed by atoms with van der Waals surface area (Å²) in [6.07, 6.45) is 5.31. The van der Waals surface area contributed by atoms with Crippen molar-refractivity contribution in [3.05, 3.63) is 35.4 Å². The van der Waals surface area contributed by atoms with E-state index in [4.69, 9.17) is 0 Å². The molecule has 1 aromatic carbocycles. The van der Waals surface area contributed by atoms with Crippen molar-refractivity contribution in [3.8, 4) is 0 Å². The average molecular weight is 249 g/mol. The normalized spacial score (nSPS) is 21.1. The maximum Gasteiger partial charge on any atom is 0.00597 e. The van der Waals surface area contributed by atoms with E-state index in [1.54, 1.807) is 0 Å². The Balaban J connectivity index is 1.73. The van der Waals surface area contributed by atoms with Gasteiger partial charge in [0.15, 0.2) is 0 Å². The molecule has 0 aliphatic carbocycles. The van der Waals surface area contributed by atoms with Gasteiger partial charge in [-0.3, -0.25) is 0 Å². The molecule has 0 bridgehead atoms. The topological polar surface area (TPSA) is 12.0 Å². The van der Waals surface area contributed by atoms with Crippen LogP contribution < -0.4 is 5.32 Å². The molecule has 0 amide bonds. The highest BCUT2D eigenvalue weighted by Gasteiger charge is 2.11. The van der Waals surface area contributed by atoms with Gasteiger partial charge in [-0.2, -0.15) is 11.8 Å². The van der Waals surface area contributed by atoms with Crippen LogP contribution in [0.2, 0.25) is 0 Å². The van der Waals surface area contributed by atoms with Crippen LogP contribution in [0.15, 0.2) is 24.3 Å². The average Bonchev–Trinajstić information content (AvgIpc) is 2.60. The largest absolute Gasteiger partial charge is 0.317 e. The van der Waals surface area contributed by atoms with Gasteiger partial charge in [-0.15, -0.1) is 0 Å². The minimum Gasteiger partial charge on any atom is -0.317 e. The van der Waals surface area contributed by atoms with E-state index in [0.29, 0.717) is 0 Å². The quantitative estimate of drug-likeness (QED) is 0.877. The van der Waals surface area contributed by atoms with Crippen LogP contribution in [0, 0.1) is 6.92 Å². The summed E-state index contributed by atoms with van der Waals surface area (Å²) in [4.78, 5) is 0. The predicted octanol–water partition coefficient (Wildman–Crippen LogP) is 3.41. The molecule has 1 saturated heterocycles. The van der Waals surface area contributed by atoms with Gasteiger partial charge in [0.1, 0.15) is 0 Å². The number of nitrogens with one attached hydrogen (secondary N) is 1. The highest BCUT2D eigenvalue weighted by Crippen LogP contribution is 2.22. The second-order valence-corrected chi connectivity index (χ2v) is 6.26. The molecular weight excluding hydrogens is 226 g/mol. The third-order valence-electron chi connectivity index (χ3n) is 3.51. The van der Waals surface area contributed by atoms with Crippen LogP contribution in [0.3, 0.4) is 0 Å². The molecule has 2 rings (SSSR count). The summed E-state index contributed by atoms with van der Waals surface area (Å²) in [6, 6.07) is 8.77. The van der Waals surface area contributed by atoms with Gasteiger partial charge in [0.05, 0.1) is 0 Å². The highest BCUT2D eigenvalue weighted by atomic mass is 32.2. The van der Waals surface area contributed by atoms with Gasteiger partial charge in [-0.1, -0.05) is 24.3 Å². The molecule has 1 unspecified atom stereocenters. The van der Waals surface area contributed by atoms with Crippen LogP contribution in [-0.4, -0.2) is 24.1 Å². The molecule has 17 heavy (non-hydrogen) atoms. The van der Waals surface area contributed by atoms with Crippen molar-refractivity contribution in [2.45, 2.75) is 37.9 Å². The van der Waals surface area contributed by atoms with Crippen molar-refractivity contribution in [3.63, 3.8) is 0 Å². The number of rotatable bonds is 4. The van der Waals surface area contributed by atoms with E-state index in [1.807, 2.05) is 0 Å². The lowest BCUT2D eigenvalue weighted by Gasteiger charge is -2.13. The van der Waals surface area contributed by atoms with Crippen molar-refractivity contribution in [1.82, 2.24) is 5.32 Å². The first kappa shape index (κ1) is 13.0. The minimum absolute atomic E-state index is 0.883. The molecule has 1 nitrogen and oxygen atoms in total. The van der Waals surface area contributed by atoms with E-state index in [-0.39, 0.29) is 0 Å². The lowest BCUT2D eigenvalue weighted by molar-refractivity contribution is 0.703. The lowest BCUT2D eigenvalue weighted by Crippen LogP contribution is -2.14. The fraction of sp³-hybridized carbons (Fsp3) is 0.600. The van der Waals surface area contributed by atoms with Gasteiger partial charge >= 0.3 is 0 Å². The smallest absolute Gasteiger partial charge is 0.00597 e. The molecule has 1 aromatic rings. The third kappa shape index (κ3) is 4.36. The zero-order valence-corrected chi connectivity index (χ0v) is 11.6. The Labute approximate surface area is 109 Å². The van der Waals surface area contributed by atoms with Gasteiger partial charge < -0.3 is 5.32 Å². The monoisotopic (exact) mass is 249 g/mol. The molecule has 0 saturated carbocycles. The van der Waals surface area contributed by atoms with Crippen LogP contribution >= 0.6 is 11.8 Å². The molecular formula is C15H23NS. The Morgan fingerprint density at radius 1 is 1.24 bits per heavy atom. The second-order valence-electron chi connectivity index (χ2n) is 4.85. The van der Waals surface area contributed by atoms with Crippen molar-refractivity contribution < 1.29 is 0 Å². The number of benzene rings is 1. The molecule has 0 radical (unpaired) electrons. The maximum atomic E-state index is 3.48. The van der Waals surface area contributed by atoms with E-state index in [9.17, 15) is 0 Å². The molecule has 1 heterocycles. The number of hydrogen-bond acceptors (Lipinski definition) is 2. The van der Waals surface area contributed by atoms with Gasteiger partial charge in [-0.25, -0.2) is 0 Å². The van der Waals surface area contributed by atoms with Crippen LogP contribution in [0.4, 0.5) is 0 Å². The number of aryl methyl sites for hydroxylation is 2. The minimum atomic E-state index is 0.883. The maximum absolute atomic E-state index is 3.48. The molecule has 1 aliphatic rings. The summed E-state index contributed by atoms with van der Waals surface area (Å²) in [5.41, 5.74) is 2.96. The molecule has 1 aliphatic heterocycles. The first-order valence-corrected chi connectivity index (χ1v) is 7.78. The fourth-order valence-electron chi connectivity index (χ4n) is 2.38. The van der Waals surface area contributed by atoms with Crippen LogP contribution in [0.25, 0.3) is 0 Å². The fourth-order valence-corrected chi connectivity index (χ4v) is 3.67. The molecule has 1 fully saturated rings. The Bertz CT molecular complexity index is 329. The van der Waals surface area contributed by atoms with Crippen LogP contribution in [0.5, 0.6) is 0 Å². The summed E-state index contributed by atoms with van der Waals surface area (Å²) in [5, 5.41) is 4.36. The Kier molecular flexibility index (Phi) is 5.40. The van der Waals surface area contributed by atoms with E-state index in [1.165, 1.54) is 55.7 Å². The van der Waals surface area contributed by atoms with Crippen LogP contribution in [0.1, 0.15) is 30.4 Å². The van der Waals surface area contributed by atoms with Gasteiger partial charge in [0.2, 0.25) is 0 Å². The first-order chi connectivity index (χ1) is 8.36. The Hall–Kier alpha value is -0.470. The molecule has 94 valence electrons. The molecule has 0 aromatic heterocycles. The van der Waals surface area contributed by atoms with E-state index >= 15 is 0 Å². The first-order valence-electron chi connectivity index (χ1n) is 6.73. The predicted molar refractivity (Wildman–Crippen MR) is 77.8 cm³/mol. The molecule has 1 atom stereocenters. The summed E-state index contributed by atoms with van der Waals surface area (Å²) in [6.45, 7) is 4.65. The van der Waals surface area contributed by atoms with Gasteiger partial charge in [0, 0.05) is 5.25 Å². The summed E-state index contributed by atoms with van der Waals surface area (Å²) < 4.78 is 0. The zero-order chi connectivity index (χ0) is 11.9. The van der Waals surface area contributed by atoms with Crippen molar-refractivity contribution >= 4 is 11.8 Å². The summed E-state index contributed by atoms with van der Waals surface area (Å²) in [5.74, 6) is 1.27. The standard InChI is InChI=1S/C15H23NS/c1-13-5-2-3-6-14(13)9-12-17-15-7-4-10-16-11-8-15/h2-3,5-6,15-16H,4,7-12H2,1H3. The SMILES string of the molecule is Cc1ccccc1CCSC1CCCNCC1. The number of hydrogen-bond donors (Lipinski definition) is 1. The second kappa shape index (κ2) is 7.07. The molecule has 1 N–H and O–H groups in total. The van der Waals surface area contributed by atoms with Crippen molar-refractivity contribution in [1.29, 1.82) is 0 Å². The van der Waals surface area contributed by atoms with Crippen LogP contribution in [-0.2, 0) is 6.42 Å². The van der Waals surface area contributed by atoms with Gasteiger partial charge in [-0.05, 0) is 62.6 Å². The Morgan fingerprint density at radius 2 is 2.12 bits per heavy atom. The molecule has 2 heteroatoms. The third-order valence-corrected chi connectivity index (χ3v) is 4.89. The number of thioether (sulfide) groups is 1. The zero-order valence-electron chi connectivity index (χ0n) is 10.7. The Morgan fingerprint density at radius 3 is 3.00 bits per heavy atom. The lowest BCUT2D eigenvalue weighted by atomic mass is 10.1. The van der Waals surface area contributed by atoms with E-state index in [0.717, 1.165) is 5.25 Å². The van der Waals surface area contributed by atoms with Crippen molar-refractivity contribution in [2.24, 2.45) is 0 Å². The molecule has 0 spiro atoms. The van der Waals surface area contributed by atoms with E-state index < -0.39 is 0 Å².